The fraction of sp³-hybridized carbons (Fsp3) is 0.583. The standard InChI is InChI=1S/C12H17ClN4O2S.ClH/c13-7-3-11(12(14)15-6-7)20(18,19)17-10-4-8-1-2-9(5-10)16-8;/h3,6,8-10,16-17H,1-2,4-5H2,(H2,14,15);1H. The average Bonchev–Trinajstić information content (AvgIpc) is 2.71. The number of sulfonamides is 1. The van der Waals surface area contributed by atoms with Gasteiger partial charge in [-0.25, -0.2) is 18.1 Å². The van der Waals surface area contributed by atoms with E-state index in [1.165, 1.54) is 12.3 Å². The fourth-order valence-electron chi connectivity index (χ4n) is 3.08. The lowest BCUT2D eigenvalue weighted by atomic mass is 10.0. The van der Waals surface area contributed by atoms with Crippen molar-refractivity contribution in [2.75, 3.05) is 5.73 Å². The number of rotatable bonds is 3. The molecule has 0 amide bonds. The molecule has 0 radical (unpaired) electrons. The van der Waals surface area contributed by atoms with Gasteiger partial charge in [0.25, 0.3) is 0 Å². The number of pyridine rings is 1. The summed E-state index contributed by atoms with van der Waals surface area (Å²) in [6.45, 7) is 0. The second kappa shape index (κ2) is 6.26. The highest BCUT2D eigenvalue weighted by Gasteiger charge is 2.35. The lowest BCUT2D eigenvalue weighted by Gasteiger charge is -2.29. The van der Waals surface area contributed by atoms with Crippen molar-refractivity contribution in [3.05, 3.63) is 17.3 Å². The molecule has 2 aliphatic rings. The van der Waals surface area contributed by atoms with Gasteiger partial charge in [0.05, 0.1) is 5.02 Å². The molecular weight excluding hydrogens is 335 g/mol. The fourth-order valence-corrected chi connectivity index (χ4v) is 4.67. The zero-order chi connectivity index (χ0) is 14.3. The molecule has 0 aliphatic carbocycles. The van der Waals surface area contributed by atoms with Gasteiger partial charge in [0.2, 0.25) is 10.0 Å². The molecular formula is C12H18Cl2N4O2S. The third-order valence-electron chi connectivity index (χ3n) is 3.93. The lowest BCUT2D eigenvalue weighted by molar-refractivity contribution is 0.345. The van der Waals surface area contributed by atoms with E-state index in [-0.39, 0.29) is 34.2 Å². The maximum atomic E-state index is 12.4. The molecule has 2 fully saturated rings. The molecule has 4 N–H and O–H groups in total. The van der Waals surface area contributed by atoms with Crippen LogP contribution in [-0.4, -0.2) is 31.5 Å². The van der Waals surface area contributed by atoms with Gasteiger partial charge >= 0.3 is 0 Å². The first kappa shape index (κ1) is 16.8. The molecule has 0 aromatic carbocycles. The molecule has 2 bridgehead atoms. The summed E-state index contributed by atoms with van der Waals surface area (Å²) in [6, 6.07) is 2.10. The third kappa shape index (κ3) is 3.60. The van der Waals surface area contributed by atoms with Crippen LogP contribution in [0.3, 0.4) is 0 Å². The van der Waals surface area contributed by atoms with Crippen molar-refractivity contribution in [3.8, 4) is 0 Å². The maximum Gasteiger partial charge on any atom is 0.244 e. The molecule has 2 saturated heterocycles. The molecule has 2 aliphatic heterocycles. The van der Waals surface area contributed by atoms with Crippen LogP contribution in [0.4, 0.5) is 5.82 Å². The third-order valence-corrected chi connectivity index (χ3v) is 5.69. The molecule has 0 saturated carbocycles. The molecule has 6 nitrogen and oxygen atoms in total. The Bertz CT molecular complexity index is 614. The molecule has 2 unspecified atom stereocenters. The van der Waals surface area contributed by atoms with Crippen LogP contribution >= 0.6 is 24.0 Å². The Morgan fingerprint density at radius 3 is 2.57 bits per heavy atom. The van der Waals surface area contributed by atoms with Gasteiger partial charge in [-0.15, -0.1) is 12.4 Å². The predicted molar refractivity (Wildman–Crippen MR) is 84.2 cm³/mol. The minimum Gasteiger partial charge on any atom is -0.383 e. The monoisotopic (exact) mass is 352 g/mol. The summed E-state index contributed by atoms with van der Waals surface area (Å²) in [5.74, 6) is -0.0289. The minimum atomic E-state index is -3.68. The van der Waals surface area contributed by atoms with Gasteiger partial charge in [0, 0.05) is 24.3 Å². The summed E-state index contributed by atoms with van der Waals surface area (Å²) >= 11 is 5.80. The minimum absolute atomic E-state index is 0. The van der Waals surface area contributed by atoms with Crippen LogP contribution in [0.5, 0.6) is 0 Å². The number of hydrogen-bond acceptors (Lipinski definition) is 5. The van der Waals surface area contributed by atoms with Crippen LogP contribution in [-0.2, 0) is 10.0 Å². The van der Waals surface area contributed by atoms with E-state index in [1.807, 2.05) is 0 Å². The molecule has 9 heteroatoms. The number of piperidine rings is 1. The van der Waals surface area contributed by atoms with E-state index in [1.54, 1.807) is 0 Å². The van der Waals surface area contributed by atoms with Crippen molar-refractivity contribution >= 4 is 39.8 Å². The molecule has 1 aromatic heterocycles. The SMILES string of the molecule is Cl.Nc1ncc(Cl)cc1S(=O)(=O)NC1CC2CCC(C1)N2. The van der Waals surface area contributed by atoms with Crippen molar-refractivity contribution in [1.29, 1.82) is 0 Å². The van der Waals surface area contributed by atoms with E-state index in [0.29, 0.717) is 12.1 Å². The van der Waals surface area contributed by atoms with E-state index in [2.05, 4.69) is 15.0 Å². The molecule has 3 rings (SSSR count). The quantitative estimate of drug-likeness (QED) is 0.761. The van der Waals surface area contributed by atoms with Crippen molar-refractivity contribution < 1.29 is 8.42 Å². The number of halogens is 2. The smallest absolute Gasteiger partial charge is 0.244 e. The van der Waals surface area contributed by atoms with Crippen molar-refractivity contribution in [1.82, 2.24) is 15.0 Å². The maximum absolute atomic E-state index is 12.4. The van der Waals surface area contributed by atoms with Gasteiger partial charge in [0.1, 0.15) is 10.7 Å². The van der Waals surface area contributed by atoms with E-state index in [9.17, 15) is 8.42 Å². The highest BCUT2D eigenvalue weighted by molar-refractivity contribution is 7.89. The first-order valence-electron chi connectivity index (χ1n) is 6.63. The Labute approximate surface area is 135 Å². The Morgan fingerprint density at radius 2 is 1.95 bits per heavy atom. The van der Waals surface area contributed by atoms with Gasteiger partial charge in [-0.05, 0) is 31.7 Å². The molecule has 0 spiro atoms. The van der Waals surface area contributed by atoms with Crippen molar-refractivity contribution in [3.63, 3.8) is 0 Å². The van der Waals surface area contributed by atoms with E-state index >= 15 is 0 Å². The van der Waals surface area contributed by atoms with E-state index in [0.717, 1.165) is 25.7 Å². The number of hydrogen-bond donors (Lipinski definition) is 3. The van der Waals surface area contributed by atoms with Crippen LogP contribution in [0, 0.1) is 0 Å². The van der Waals surface area contributed by atoms with Gasteiger partial charge in [-0.2, -0.15) is 0 Å². The van der Waals surface area contributed by atoms with E-state index < -0.39 is 10.0 Å². The Morgan fingerprint density at radius 1 is 1.33 bits per heavy atom. The zero-order valence-corrected chi connectivity index (χ0v) is 13.6. The summed E-state index contributed by atoms with van der Waals surface area (Å²) in [6.07, 6.45) is 5.18. The topological polar surface area (TPSA) is 97.1 Å². The summed E-state index contributed by atoms with van der Waals surface area (Å²) in [7, 11) is -3.68. The first-order chi connectivity index (χ1) is 9.44. The molecule has 2 atom stereocenters. The van der Waals surface area contributed by atoms with Gasteiger partial charge in [0.15, 0.2) is 0 Å². The second-order valence-electron chi connectivity index (χ2n) is 5.46. The molecule has 3 heterocycles. The highest BCUT2D eigenvalue weighted by Crippen LogP contribution is 2.28. The average molecular weight is 353 g/mol. The number of fused-ring (bicyclic) bond motifs is 2. The van der Waals surface area contributed by atoms with Crippen LogP contribution in [0.25, 0.3) is 0 Å². The largest absolute Gasteiger partial charge is 0.383 e. The van der Waals surface area contributed by atoms with Crippen molar-refractivity contribution in [2.24, 2.45) is 0 Å². The molecule has 21 heavy (non-hydrogen) atoms. The number of anilines is 1. The van der Waals surface area contributed by atoms with Gasteiger partial charge in [-0.3, -0.25) is 0 Å². The van der Waals surface area contributed by atoms with Gasteiger partial charge < -0.3 is 11.1 Å². The summed E-state index contributed by atoms with van der Waals surface area (Å²) in [4.78, 5) is 3.75. The Hall–Kier alpha value is -0.600. The van der Waals surface area contributed by atoms with Crippen LogP contribution in [0.2, 0.25) is 5.02 Å². The number of aromatic nitrogens is 1. The van der Waals surface area contributed by atoms with Crippen LogP contribution < -0.4 is 15.8 Å². The van der Waals surface area contributed by atoms with Crippen molar-refractivity contribution in [2.45, 2.75) is 48.7 Å². The number of nitrogens with one attached hydrogen (secondary N) is 2. The van der Waals surface area contributed by atoms with Crippen LogP contribution in [0.1, 0.15) is 25.7 Å². The Balaban J connectivity index is 0.00000161. The Kier molecular flexibility index (Phi) is 4.99. The van der Waals surface area contributed by atoms with Gasteiger partial charge in [-0.1, -0.05) is 11.6 Å². The number of nitrogen functional groups attached to an aromatic ring is 1. The number of nitrogens with two attached hydrogens (primary N) is 1. The molecule has 118 valence electrons. The zero-order valence-electron chi connectivity index (χ0n) is 11.3. The normalized spacial score (nSPS) is 28.1. The second-order valence-corrected chi connectivity index (χ2v) is 7.58. The summed E-state index contributed by atoms with van der Waals surface area (Å²) < 4.78 is 27.5. The number of nitrogens with zero attached hydrogens (tertiary/aromatic N) is 1. The molecule has 1 aromatic rings. The summed E-state index contributed by atoms with van der Waals surface area (Å²) in [5, 5.41) is 3.73. The highest BCUT2D eigenvalue weighted by atomic mass is 35.5. The lowest BCUT2D eigenvalue weighted by Crippen LogP contribution is -2.48. The predicted octanol–water partition coefficient (Wildman–Crippen LogP) is 1.30. The van der Waals surface area contributed by atoms with E-state index in [4.69, 9.17) is 17.3 Å². The first-order valence-corrected chi connectivity index (χ1v) is 8.49. The van der Waals surface area contributed by atoms with Crippen LogP contribution in [0.15, 0.2) is 17.2 Å². The summed E-state index contributed by atoms with van der Waals surface area (Å²) in [5.41, 5.74) is 5.65.